The second-order valence-electron chi connectivity index (χ2n) is 23.8. The summed E-state index contributed by atoms with van der Waals surface area (Å²) < 4.78 is 101. The molecule has 6 fully saturated rings. The summed E-state index contributed by atoms with van der Waals surface area (Å²) in [6.45, 7) is 11.0. The first-order chi connectivity index (χ1) is 36.4. The molecule has 0 bridgehead atoms. The Morgan fingerprint density at radius 3 is 0.922 bits per heavy atom. The molecule has 9 heteroatoms. The van der Waals surface area contributed by atoms with Gasteiger partial charge in [0.2, 0.25) is 17.5 Å². The van der Waals surface area contributed by atoms with Gasteiger partial charge in [-0.15, -0.1) is 0 Å². The average molecular weight is 1080 g/mol. The van der Waals surface area contributed by atoms with Crippen molar-refractivity contribution in [1.29, 1.82) is 0 Å². The van der Waals surface area contributed by atoms with E-state index in [1.807, 2.05) is 0 Å². The van der Waals surface area contributed by atoms with E-state index in [-0.39, 0.29) is 49.9 Å². The molecule has 0 unspecified atom stereocenters. The molecule has 0 N–H and O–H groups in total. The number of benzene rings is 3. The lowest BCUT2D eigenvalue weighted by atomic mass is 9.68. The smallest absolute Gasteiger partial charge is 0.200 e. The molecular formula is C68H102F6O3. The second-order valence-corrected chi connectivity index (χ2v) is 23.8. The molecule has 6 saturated carbocycles. The fourth-order valence-corrected chi connectivity index (χ4v) is 15.2. The van der Waals surface area contributed by atoms with Crippen molar-refractivity contribution in [3.8, 4) is 17.2 Å². The first-order valence-corrected chi connectivity index (χ1v) is 30.3. The third-order valence-corrected chi connectivity index (χ3v) is 19.9. The summed E-state index contributed by atoms with van der Waals surface area (Å²) >= 11 is 0. The van der Waals surface area contributed by atoms with E-state index < -0.39 is 34.9 Å². The summed E-state index contributed by atoms with van der Waals surface area (Å²) in [4.78, 5) is 0. The second kappa shape index (κ2) is 32.0. The van der Waals surface area contributed by atoms with Crippen LogP contribution in [-0.2, 0) is 0 Å². The summed E-state index contributed by atoms with van der Waals surface area (Å²) in [5.41, 5.74) is 1.64. The highest BCUT2D eigenvalue weighted by molar-refractivity contribution is 5.35. The lowest BCUT2D eigenvalue weighted by Gasteiger charge is -2.38. The molecule has 6 aliphatic rings. The van der Waals surface area contributed by atoms with Gasteiger partial charge in [0.1, 0.15) is 0 Å². The van der Waals surface area contributed by atoms with E-state index in [0.717, 1.165) is 105 Å². The first kappa shape index (κ1) is 64.2. The highest BCUT2D eigenvalue weighted by Gasteiger charge is 2.36. The number of halogens is 6. The zero-order chi connectivity index (χ0) is 53.4. The van der Waals surface area contributed by atoms with E-state index >= 15 is 0 Å². The van der Waals surface area contributed by atoms with E-state index in [1.165, 1.54) is 123 Å². The first-order valence-electron chi connectivity index (χ1n) is 30.3. The number of methoxy groups -OCH3 is 1. The molecular weight excluding hydrogens is 979 g/mol. The third-order valence-electron chi connectivity index (χ3n) is 19.9. The molecule has 3 nitrogen and oxygen atoms in total. The van der Waals surface area contributed by atoms with E-state index in [9.17, 15) is 26.3 Å². The van der Waals surface area contributed by atoms with Crippen LogP contribution in [-0.4, -0.2) is 20.3 Å². The van der Waals surface area contributed by atoms with Gasteiger partial charge < -0.3 is 14.2 Å². The van der Waals surface area contributed by atoms with Gasteiger partial charge >= 0.3 is 0 Å². The van der Waals surface area contributed by atoms with Crippen molar-refractivity contribution >= 4 is 0 Å². The van der Waals surface area contributed by atoms with Gasteiger partial charge in [0, 0.05) is 0 Å². The van der Waals surface area contributed by atoms with Crippen LogP contribution >= 0.6 is 0 Å². The molecule has 6 aliphatic carbocycles. The standard InChI is InChI=1S/C23H32F2O.C22H32F2O.C21H30F2O.2CH4/c1-3-5-16-6-8-17(9-7-16)18-10-12-19(13-11-18)20-14-15-21(26-4-2)23(25)22(20)24;1-3-15-5-7-16(8-6-15)17-9-11-18(12-10-17)19-13-14-20(25-4-2)22(24)21(19)23;1-3-14-4-6-15(7-5-14)16-8-10-17(11-9-16)18-12-13-19(24-2)21(23)20(18)22;;/h3,5,14-19H,4,6-13H2,1-2H3;13-18H,3-12H2,1-2H3;12-17H,3-11H2,1-2H3;2*1H4. The monoisotopic (exact) mass is 1080 g/mol. The predicted octanol–water partition coefficient (Wildman–Crippen LogP) is 21.6. The molecule has 434 valence electrons. The molecule has 0 aliphatic heterocycles. The van der Waals surface area contributed by atoms with Crippen molar-refractivity contribution in [3.05, 3.63) is 100 Å². The predicted molar refractivity (Wildman–Crippen MR) is 307 cm³/mol. The van der Waals surface area contributed by atoms with Crippen LogP contribution in [0.2, 0.25) is 0 Å². The Hall–Kier alpha value is -3.62. The fourth-order valence-electron chi connectivity index (χ4n) is 15.2. The van der Waals surface area contributed by atoms with Crippen LogP contribution in [0.3, 0.4) is 0 Å². The van der Waals surface area contributed by atoms with Crippen molar-refractivity contribution in [2.45, 2.75) is 234 Å². The molecule has 0 aromatic heterocycles. The average Bonchev–Trinajstić information content (AvgIpc) is 3.45. The Bertz CT molecular complexity index is 2200. The Morgan fingerprint density at radius 1 is 0.377 bits per heavy atom. The zero-order valence-corrected chi connectivity index (χ0v) is 46.8. The van der Waals surface area contributed by atoms with Crippen molar-refractivity contribution in [2.24, 2.45) is 53.3 Å². The van der Waals surface area contributed by atoms with Crippen LogP contribution in [0.4, 0.5) is 26.3 Å². The van der Waals surface area contributed by atoms with Gasteiger partial charge in [0.05, 0.1) is 20.3 Å². The van der Waals surface area contributed by atoms with Crippen LogP contribution in [0.5, 0.6) is 17.2 Å². The molecule has 3 aromatic carbocycles. The molecule has 0 atom stereocenters. The largest absolute Gasteiger partial charge is 0.494 e. The number of allylic oxidation sites excluding steroid dienone is 2. The van der Waals surface area contributed by atoms with Gasteiger partial charge in [-0.1, -0.05) is 97.6 Å². The zero-order valence-electron chi connectivity index (χ0n) is 46.8. The molecule has 0 amide bonds. The third kappa shape index (κ3) is 16.7. The van der Waals surface area contributed by atoms with Gasteiger partial charge in [-0.05, 0) is 255 Å². The number of hydrogen-bond donors (Lipinski definition) is 0. The van der Waals surface area contributed by atoms with Gasteiger partial charge in [-0.25, -0.2) is 13.2 Å². The molecule has 0 heterocycles. The van der Waals surface area contributed by atoms with Crippen molar-refractivity contribution in [2.75, 3.05) is 20.3 Å². The maximum atomic E-state index is 14.5. The Balaban J connectivity index is 0.000000210. The molecule has 0 spiro atoms. The van der Waals surface area contributed by atoms with Crippen LogP contribution in [0.15, 0.2) is 48.6 Å². The van der Waals surface area contributed by atoms with E-state index in [0.29, 0.717) is 29.9 Å². The molecule has 0 saturated heterocycles. The number of rotatable bonds is 14. The number of ether oxygens (including phenoxy) is 3. The maximum Gasteiger partial charge on any atom is 0.200 e. The van der Waals surface area contributed by atoms with Gasteiger partial charge in [-0.3, -0.25) is 0 Å². The van der Waals surface area contributed by atoms with Gasteiger partial charge in [0.15, 0.2) is 34.7 Å². The minimum absolute atomic E-state index is 0. The van der Waals surface area contributed by atoms with E-state index in [2.05, 4.69) is 32.9 Å². The summed E-state index contributed by atoms with van der Waals surface area (Å²) in [5, 5.41) is 0. The summed E-state index contributed by atoms with van der Waals surface area (Å²) in [7, 11) is 1.37. The highest BCUT2D eigenvalue weighted by Crippen LogP contribution is 2.48. The van der Waals surface area contributed by atoms with Crippen LogP contribution < -0.4 is 14.2 Å². The van der Waals surface area contributed by atoms with Crippen molar-refractivity contribution in [3.63, 3.8) is 0 Å². The fraction of sp³-hybridized carbons (Fsp3) is 0.706. The van der Waals surface area contributed by atoms with Gasteiger partial charge in [-0.2, -0.15) is 13.2 Å². The summed E-state index contributed by atoms with van der Waals surface area (Å²) in [6.07, 6.45) is 36.4. The normalized spacial score (nSPS) is 29.6. The van der Waals surface area contributed by atoms with Crippen molar-refractivity contribution in [1.82, 2.24) is 0 Å². The number of hydrogen-bond acceptors (Lipinski definition) is 3. The Labute approximate surface area is 463 Å². The van der Waals surface area contributed by atoms with Crippen molar-refractivity contribution < 1.29 is 40.6 Å². The van der Waals surface area contributed by atoms with Crippen LogP contribution in [0, 0.1) is 88.2 Å². The maximum absolute atomic E-state index is 14.5. The summed E-state index contributed by atoms with van der Waals surface area (Å²) in [5.74, 6) is 3.52. The molecule has 9 rings (SSSR count). The molecule has 3 aromatic rings. The van der Waals surface area contributed by atoms with Gasteiger partial charge in [0.25, 0.3) is 0 Å². The molecule has 77 heavy (non-hydrogen) atoms. The quantitative estimate of drug-likeness (QED) is 0.119. The van der Waals surface area contributed by atoms with Crippen LogP contribution in [0.25, 0.3) is 0 Å². The minimum atomic E-state index is -0.838. The minimum Gasteiger partial charge on any atom is -0.494 e. The van der Waals surface area contributed by atoms with E-state index in [4.69, 9.17) is 14.2 Å². The summed E-state index contributed by atoms with van der Waals surface area (Å²) in [6, 6.07) is 9.93. The lowest BCUT2D eigenvalue weighted by molar-refractivity contribution is 0.158. The topological polar surface area (TPSA) is 27.7 Å². The highest BCUT2D eigenvalue weighted by atomic mass is 19.2. The van der Waals surface area contributed by atoms with E-state index in [1.54, 1.807) is 50.2 Å². The lowest BCUT2D eigenvalue weighted by Crippen LogP contribution is -2.25. The Kier molecular flexibility index (Phi) is 26.7. The molecule has 0 radical (unpaired) electrons. The SMILES string of the molecule is C.C.CC=CC1CCC(C2CCC(c3ccc(OCC)c(F)c3F)CC2)CC1.CCC1CCC(C2CCC(c3ccc(OC)c(F)c3F)CC2)CC1.CCOc1ccc(C2CCC(C3CCC(CC)CC3)CC2)c(F)c1F. The Morgan fingerprint density at radius 2 is 0.649 bits per heavy atom. The van der Waals surface area contributed by atoms with Crippen LogP contribution in [0.1, 0.15) is 251 Å².